The standard InChI is InChI=1S/C15H21N3O2/c1-4-5-16-14(15-17-6-7-18-15)11-8-12(19-2)10-13(9-11)20-3/h6-10,14,16H,4-5H2,1-3H3,(H,17,18). The second kappa shape index (κ2) is 6.96. The van der Waals surface area contributed by atoms with Gasteiger partial charge in [0, 0.05) is 18.5 Å². The lowest BCUT2D eigenvalue weighted by atomic mass is 10.1. The van der Waals surface area contributed by atoms with Crippen LogP contribution in [0.3, 0.4) is 0 Å². The molecule has 1 heterocycles. The zero-order chi connectivity index (χ0) is 14.4. The fraction of sp³-hybridized carbons (Fsp3) is 0.400. The SMILES string of the molecule is CCCNC(c1cc(OC)cc(OC)c1)c1ncc[nH]1. The summed E-state index contributed by atoms with van der Waals surface area (Å²) < 4.78 is 10.7. The number of aromatic nitrogens is 2. The van der Waals surface area contributed by atoms with Gasteiger partial charge in [0.05, 0.1) is 20.3 Å². The van der Waals surface area contributed by atoms with Crippen LogP contribution in [0.25, 0.3) is 0 Å². The molecular weight excluding hydrogens is 254 g/mol. The fourth-order valence-electron chi connectivity index (χ4n) is 2.09. The highest BCUT2D eigenvalue weighted by molar-refractivity contribution is 5.41. The molecule has 2 N–H and O–H groups in total. The van der Waals surface area contributed by atoms with E-state index in [0.29, 0.717) is 0 Å². The van der Waals surface area contributed by atoms with Crippen molar-refractivity contribution >= 4 is 0 Å². The highest BCUT2D eigenvalue weighted by Gasteiger charge is 2.17. The first kappa shape index (κ1) is 14.4. The van der Waals surface area contributed by atoms with E-state index in [1.165, 1.54) is 0 Å². The van der Waals surface area contributed by atoms with E-state index < -0.39 is 0 Å². The summed E-state index contributed by atoms with van der Waals surface area (Å²) in [5, 5.41) is 3.49. The summed E-state index contributed by atoms with van der Waals surface area (Å²) in [5.74, 6) is 2.43. The first-order valence-corrected chi connectivity index (χ1v) is 6.74. The Labute approximate surface area is 119 Å². The molecule has 2 aromatic rings. The number of nitrogens with one attached hydrogen (secondary N) is 2. The molecule has 5 heteroatoms. The van der Waals surface area contributed by atoms with Crippen molar-refractivity contribution in [3.8, 4) is 11.5 Å². The summed E-state index contributed by atoms with van der Waals surface area (Å²) in [6.45, 7) is 3.04. The van der Waals surface area contributed by atoms with Gasteiger partial charge in [-0.3, -0.25) is 0 Å². The molecule has 20 heavy (non-hydrogen) atoms. The molecule has 0 radical (unpaired) electrons. The van der Waals surface area contributed by atoms with E-state index in [4.69, 9.17) is 9.47 Å². The average Bonchev–Trinajstić information content (AvgIpc) is 3.01. The van der Waals surface area contributed by atoms with E-state index in [1.807, 2.05) is 24.4 Å². The Morgan fingerprint density at radius 1 is 1.20 bits per heavy atom. The van der Waals surface area contributed by atoms with Crippen molar-refractivity contribution in [2.24, 2.45) is 0 Å². The van der Waals surface area contributed by atoms with Gasteiger partial charge in [-0.15, -0.1) is 0 Å². The minimum absolute atomic E-state index is 0.00560. The van der Waals surface area contributed by atoms with Crippen molar-refractivity contribution in [1.82, 2.24) is 15.3 Å². The number of hydrogen-bond donors (Lipinski definition) is 2. The molecule has 0 aliphatic carbocycles. The molecule has 2 rings (SSSR count). The van der Waals surface area contributed by atoms with Gasteiger partial charge >= 0.3 is 0 Å². The van der Waals surface area contributed by atoms with Crippen molar-refractivity contribution in [3.05, 3.63) is 42.0 Å². The van der Waals surface area contributed by atoms with Gasteiger partial charge in [0.25, 0.3) is 0 Å². The number of hydrogen-bond acceptors (Lipinski definition) is 4. The molecule has 5 nitrogen and oxygen atoms in total. The maximum atomic E-state index is 5.33. The monoisotopic (exact) mass is 275 g/mol. The second-order valence-corrected chi connectivity index (χ2v) is 4.51. The first-order chi connectivity index (χ1) is 9.78. The van der Waals surface area contributed by atoms with Crippen LogP contribution in [0.5, 0.6) is 11.5 Å². The van der Waals surface area contributed by atoms with E-state index in [1.54, 1.807) is 20.4 Å². The van der Waals surface area contributed by atoms with Crippen molar-refractivity contribution in [2.75, 3.05) is 20.8 Å². The van der Waals surface area contributed by atoms with Gasteiger partial charge < -0.3 is 19.8 Å². The van der Waals surface area contributed by atoms with Crippen LogP contribution in [0.2, 0.25) is 0 Å². The van der Waals surface area contributed by atoms with Gasteiger partial charge in [-0.2, -0.15) is 0 Å². The molecule has 0 spiro atoms. The zero-order valence-corrected chi connectivity index (χ0v) is 12.1. The fourth-order valence-corrected chi connectivity index (χ4v) is 2.09. The molecular formula is C15H21N3O2. The molecule has 0 saturated carbocycles. The molecule has 1 atom stereocenters. The van der Waals surface area contributed by atoms with Gasteiger partial charge in [0.15, 0.2) is 0 Å². The lowest BCUT2D eigenvalue weighted by Gasteiger charge is -2.18. The zero-order valence-electron chi connectivity index (χ0n) is 12.1. The molecule has 0 amide bonds. The molecule has 1 aromatic carbocycles. The smallest absolute Gasteiger partial charge is 0.127 e. The molecule has 1 unspecified atom stereocenters. The largest absolute Gasteiger partial charge is 0.497 e. The third-order valence-corrected chi connectivity index (χ3v) is 3.10. The average molecular weight is 275 g/mol. The van der Waals surface area contributed by atoms with Gasteiger partial charge in [0.1, 0.15) is 17.3 Å². The third kappa shape index (κ3) is 3.30. The lowest BCUT2D eigenvalue weighted by Crippen LogP contribution is -2.24. The van der Waals surface area contributed by atoms with Crippen LogP contribution in [0.4, 0.5) is 0 Å². The number of nitrogens with zero attached hydrogens (tertiary/aromatic N) is 1. The van der Waals surface area contributed by atoms with Crippen molar-refractivity contribution < 1.29 is 9.47 Å². The topological polar surface area (TPSA) is 59.2 Å². The second-order valence-electron chi connectivity index (χ2n) is 4.51. The summed E-state index contributed by atoms with van der Waals surface area (Å²) in [6, 6.07) is 5.85. The Morgan fingerprint density at radius 2 is 1.90 bits per heavy atom. The Bertz CT molecular complexity index is 504. The lowest BCUT2D eigenvalue weighted by molar-refractivity contribution is 0.392. The number of methoxy groups -OCH3 is 2. The summed E-state index contributed by atoms with van der Waals surface area (Å²) in [5.41, 5.74) is 1.06. The highest BCUT2D eigenvalue weighted by atomic mass is 16.5. The number of imidazole rings is 1. The number of rotatable bonds is 7. The molecule has 0 aliphatic rings. The van der Waals surface area contributed by atoms with Gasteiger partial charge in [-0.05, 0) is 30.7 Å². The highest BCUT2D eigenvalue weighted by Crippen LogP contribution is 2.28. The predicted octanol–water partition coefficient (Wildman–Crippen LogP) is 2.52. The Hall–Kier alpha value is -2.01. The van der Waals surface area contributed by atoms with Crippen molar-refractivity contribution in [3.63, 3.8) is 0 Å². The van der Waals surface area contributed by atoms with E-state index in [0.717, 1.165) is 35.9 Å². The van der Waals surface area contributed by atoms with Crippen LogP contribution in [0.15, 0.2) is 30.6 Å². The maximum absolute atomic E-state index is 5.33. The number of aromatic amines is 1. The maximum Gasteiger partial charge on any atom is 0.127 e. The minimum atomic E-state index is -0.00560. The Kier molecular flexibility index (Phi) is 5.01. The van der Waals surface area contributed by atoms with Crippen LogP contribution in [-0.4, -0.2) is 30.7 Å². The van der Waals surface area contributed by atoms with E-state index in [2.05, 4.69) is 22.2 Å². The Balaban J connectivity index is 2.37. The van der Waals surface area contributed by atoms with E-state index in [-0.39, 0.29) is 6.04 Å². The van der Waals surface area contributed by atoms with Crippen LogP contribution >= 0.6 is 0 Å². The van der Waals surface area contributed by atoms with Gasteiger partial charge in [-0.25, -0.2) is 4.98 Å². The summed E-state index contributed by atoms with van der Waals surface area (Å²) in [4.78, 5) is 7.52. The predicted molar refractivity (Wildman–Crippen MR) is 78.3 cm³/mol. The van der Waals surface area contributed by atoms with Gasteiger partial charge in [0.2, 0.25) is 0 Å². The molecule has 0 aliphatic heterocycles. The Morgan fingerprint density at radius 3 is 2.40 bits per heavy atom. The van der Waals surface area contributed by atoms with Crippen LogP contribution in [-0.2, 0) is 0 Å². The molecule has 0 bridgehead atoms. The third-order valence-electron chi connectivity index (χ3n) is 3.10. The van der Waals surface area contributed by atoms with Crippen LogP contribution < -0.4 is 14.8 Å². The summed E-state index contributed by atoms with van der Waals surface area (Å²) in [6.07, 6.45) is 4.64. The number of ether oxygens (including phenoxy) is 2. The molecule has 0 saturated heterocycles. The van der Waals surface area contributed by atoms with Crippen molar-refractivity contribution in [1.29, 1.82) is 0 Å². The quantitative estimate of drug-likeness (QED) is 0.815. The summed E-state index contributed by atoms with van der Waals surface area (Å²) >= 11 is 0. The molecule has 108 valence electrons. The minimum Gasteiger partial charge on any atom is -0.497 e. The first-order valence-electron chi connectivity index (χ1n) is 6.74. The normalized spacial score (nSPS) is 12.2. The summed E-state index contributed by atoms with van der Waals surface area (Å²) in [7, 11) is 3.31. The molecule has 0 fully saturated rings. The van der Waals surface area contributed by atoms with E-state index in [9.17, 15) is 0 Å². The molecule has 1 aromatic heterocycles. The van der Waals surface area contributed by atoms with Crippen LogP contribution in [0, 0.1) is 0 Å². The number of benzene rings is 1. The van der Waals surface area contributed by atoms with Crippen molar-refractivity contribution in [2.45, 2.75) is 19.4 Å². The van der Waals surface area contributed by atoms with Gasteiger partial charge in [-0.1, -0.05) is 6.92 Å². The van der Waals surface area contributed by atoms with Crippen LogP contribution in [0.1, 0.15) is 30.8 Å². The number of H-pyrrole nitrogens is 1. The van der Waals surface area contributed by atoms with E-state index >= 15 is 0 Å².